The van der Waals surface area contributed by atoms with Gasteiger partial charge in [-0.1, -0.05) is 18.2 Å². The third kappa shape index (κ3) is 3.44. The van der Waals surface area contributed by atoms with E-state index in [1.165, 1.54) is 12.1 Å². The van der Waals surface area contributed by atoms with Gasteiger partial charge in [-0.05, 0) is 42.3 Å². The molecule has 0 heterocycles. The van der Waals surface area contributed by atoms with Crippen LogP contribution in [0.5, 0.6) is 11.5 Å². The van der Waals surface area contributed by atoms with Crippen LogP contribution in [0.4, 0.5) is 13.2 Å². The number of hydrogen-bond acceptors (Lipinski definition) is 2. The SMILES string of the molecule is Cc1ccc(OCc2ccc(C(F)(F)F)cc2)c(O)c1. The summed E-state index contributed by atoms with van der Waals surface area (Å²) in [6.45, 7) is 1.92. The summed E-state index contributed by atoms with van der Waals surface area (Å²) in [4.78, 5) is 0. The lowest BCUT2D eigenvalue weighted by Crippen LogP contribution is -2.05. The summed E-state index contributed by atoms with van der Waals surface area (Å²) in [5.41, 5.74) is 0.793. The zero-order valence-corrected chi connectivity index (χ0v) is 10.7. The summed E-state index contributed by atoms with van der Waals surface area (Å²) in [7, 11) is 0. The van der Waals surface area contributed by atoms with Crippen molar-refractivity contribution in [2.75, 3.05) is 0 Å². The van der Waals surface area contributed by atoms with Crippen LogP contribution in [0.2, 0.25) is 0 Å². The van der Waals surface area contributed by atoms with Crippen molar-refractivity contribution >= 4 is 0 Å². The number of aryl methyl sites for hydroxylation is 1. The van der Waals surface area contributed by atoms with E-state index in [1.807, 2.05) is 6.92 Å². The Balaban J connectivity index is 2.04. The van der Waals surface area contributed by atoms with Crippen LogP contribution in [0.1, 0.15) is 16.7 Å². The van der Waals surface area contributed by atoms with Crippen molar-refractivity contribution in [2.24, 2.45) is 0 Å². The number of ether oxygens (including phenoxy) is 1. The largest absolute Gasteiger partial charge is 0.504 e. The van der Waals surface area contributed by atoms with E-state index < -0.39 is 11.7 Å². The molecule has 0 spiro atoms. The topological polar surface area (TPSA) is 29.5 Å². The fraction of sp³-hybridized carbons (Fsp3) is 0.200. The molecule has 1 N–H and O–H groups in total. The molecule has 2 nitrogen and oxygen atoms in total. The molecule has 106 valence electrons. The quantitative estimate of drug-likeness (QED) is 0.909. The highest BCUT2D eigenvalue weighted by Gasteiger charge is 2.29. The number of halogens is 3. The number of benzene rings is 2. The Labute approximate surface area is 114 Å². The van der Waals surface area contributed by atoms with Crippen molar-refractivity contribution in [1.29, 1.82) is 0 Å². The van der Waals surface area contributed by atoms with Crippen molar-refractivity contribution in [3.8, 4) is 11.5 Å². The maximum Gasteiger partial charge on any atom is 0.416 e. The Morgan fingerprint density at radius 2 is 1.70 bits per heavy atom. The molecule has 2 aromatic rings. The molecule has 20 heavy (non-hydrogen) atoms. The standard InChI is InChI=1S/C15H13F3O2/c1-10-2-7-14(13(19)8-10)20-9-11-3-5-12(6-4-11)15(16,17)18/h2-8,19H,9H2,1H3. The lowest BCUT2D eigenvalue weighted by atomic mass is 10.1. The molecule has 0 aromatic heterocycles. The lowest BCUT2D eigenvalue weighted by molar-refractivity contribution is -0.137. The van der Waals surface area contributed by atoms with Crippen molar-refractivity contribution in [2.45, 2.75) is 19.7 Å². The smallest absolute Gasteiger partial charge is 0.416 e. The molecule has 0 bridgehead atoms. The molecule has 0 aliphatic rings. The van der Waals surface area contributed by atoms with Crippen molar-refractivity contribution in [3.05, 3.63) is 59.2 Å². The lowest BCUT2D eigenvalue weighted by Gasteiger charge is -2.10. The predicted molar refractivity (Wildman–Crippen MR) is 68.6 cm³/mol. The van der Waals surface area contributed by atoms with E-state index in [9.17, 15) is 18.3 Å². The van der Waals surface area contributed by atoms with E-state index in [2.05, 4.69) is 0 Å². The molecule has 0 saturated carbocycles. The molecule has 0 fully saturated rings. The van der Waals surface area contributed by atoms with Gasteiger partial charge in [0.2, 0.25) is 0 Å². The fourth-order valence-electron chi connectivity index (χ4n) is 1.70. The van der Waals surface area contributed by atoms with Gasteiger partial charge >= 0.3 is 6.18 Å². The van der Waals surface area contributed by atoms with Crippen LogP contribution in [0.25, 0.3) is 0 Å². The number of phenols is 1. The second-order valence-electron chi connectivity index (χ2n) is 4.45. The van der Waals surface area contributed by atoms with Gasteiger partial charge in [-0.15, -0.1) is 0 Å². The monoisotopic (exact) mass is 282 g/mol. The van der Waals surface area contributed by atoms with Gasteiger partial charge < -0.3 is 9.84 Å². The zero-order chi connectivity index (χ0) is 14.8. The van der Waals surface area contributed by atoms with E-state index in [0.29, 0.717) is 11.3 Å². The normalized spacial score (nSPS) is 11.4. The first kappa shape index (κ1) is 14.2. The molecule has 5 heteroatoms. The fourth-order valence-corrected chi connectivity index (χ4v) is 1.70. The first-order valence-electron chi connectivity index (χ1n) is 5.95. The highest BCUT2D eigenvalue weighted by molar-refractivity contribution is 5.41. The third-order valence-electron chi connectivity index (χ3n) is 2.79. The van der Waals surface area contributed by atoms with Crippen LogP contribution in [0, 0.1) is 6.92 Å². The van der Waals surface area contributed by atoms with Crippen LogP contribution in [0.3, 0.4) is 0 Å². The van der Waals surface area contributed by atoms with Crippen molar-refractivity contribution in [3.63, 3.8) is 0 Å². The summed E-state index contributed by atoms with van der Waals surface area (Å²) in [6.07, 6.45) is -4.34. The molecule has 0 saturated heterocycles. The maximum absolute atomic E-state index is 12.4. The van der Waals surface area contributed by atoms with Crippen LogP contribution in [-0.4, -0.2) is 5.11 Å². The minimum absolute atomic E-state index is 0.0110. The molecule has 0 aliphatic heterocycles. The average molecular weight is 282 g/mol. The first-order valence-corrected chi connectivity index (χ1v) is 5.95. The summed E-state index contributed by atoms with van der Waals surface area (Å²) >= 11 is 0. The van der Waals surface area contributed by atoms with Gasteiger partial charge in [0.1, 0.15) is 6.61 Å². The molecular weight excluding hydrogens is 269 g/mol. The van der Waals surface area contributed by atoms with Crippen LogP contribution in [-0.2, 0) is 12.8 Å². The second-order valence-corrected chi connectivity index (χ2v) is 4.45. The van der Waals surface area contributed by atoms with Gasteiger partial charge in [-0.3, -0.25) is 0 Å². The van der Waals surface area contributed by atoms with E-state index in [4.69, 9.17) is 4.74 Å². The third-order valence-corrected chi connectivity index (χ3v) is 2.79. The predicted octanol–water partition coefficient (Wildman–Crippen LogP) is 4.30. The number of rotatable bonds is 3. The molecule has 0 unspecified atom stereocenters. The number of phenolic OH excluding ortho intramolecular Hbond substituents is 1. The Kier molecular flexibility index (Phi) is 3.88. The molecule has 0 radical (unpaired) electrons. The van der Waals surface area contributed by atoms with Gasteiger partial charge in [0.05, 0.1) is 5.56 Å². The Morgan fingerprint density at radius 3 is 2.25 bits per heavy atom. The van der Waals surface area contributed by atoms with Crippen molar-refractivity contribution < 1.29 is 23.0 Å². The summed E-state index contributed by atoms with van der Waals surface area (Å²) in [5, 5.41) is 9.65. The second kappa shape index (κ2) is 5.45. The molecule has 0 atom stereocenters. The average Bonchev–Trinajstić information content (AvgIpc) is 2.37. The Bertz CT molecular complexity index is 589. The molecule has 0 aliphatic carbocycles. The number of hydrogen-bond donors (Lipinski definition) is 1. The molecular formula is C15H13F3O2. The van der Waals surface area contributed by atoms with E-state index in [1.54, 1.807) is 18.2 Å². The summed E-state index contributed by atoms with van der Waals surface area (Å²) < 4.78 is 42.6. The highest BCUT2D eigenvalue weighted by atomic mass is 19.4. The van der Waals surface area contributed by atoms with E-state index in [0.717, 1.165) is 17.7 Å². The van der Waals surface area contributed by atoms with Gasteiger partial charge in [0, 0.05) is 0 Å². The zero-order valence-electron chi connectivity index (χ0n) is 10.7. The number of alkyl halides is 3. The maximum atomic E-state index is 12.4. The van der Waals surface area contributed by atoms with Gasteiger partial charge in [-0.2, -0.15) is 13.2 Å². The molecule has 2 aromatic carbocycles. The summed E-state index contributed by atoms with van der Waals surface area (Å²) in [5.74, 6) is 0.312. The van der Waals surface area contributed by atoms with Gasteiger partial charge in [-0.25, -0.2) is 0 Å². The first-order chi connectivity index (χ1) is 9.36. The van der Waals surface area contributed by atoms with E-state index in [-0.39, 0.29) is 12.4 Å². The van der Waals surface area contributed by atoms with E-state index >= 15 is 0 Å². The van der Waals surface area contributed by atoms with Crippen molar-refractivity contribution in [1.82, 2.24) is 0 Å². The van der Waals surface area contributed by atoms with Crippen LogP contribution >= 0.6 is 0 Å². The van der Waals surface area contributed by atoms with Gasteiger partial charge in [0.15, 0.2) is 11.5 Å². The molecule has 2 rings (SSSR count). The number of aromatic hydroxyl groups is 1. The van der Waals surface area contributed by atoms with Gasteiger partial charge in [0.25, 0.3) is 0 Å². The Hall–Kier alpha value is -2.17. The Morgan fingerprint density at radius 1 is 1.05 bits per heavy atom. The summed E-state index contributed by atoms with van der Waals surface area (Å²) in [6, 6.07) is 9.68. The van der Waals surface area contributed by atoms with Crippen LogP contribution in [0.15, 0.2) is 42.5 Å². The highest BCUT2D eigenvalue weighted by Crippen LogP contribution is 2.30. The minimum Gasteiger partial charge on any atom is -0.504 e. The minimum atomic E-state index is -4.34. The van der Waals surface area contributed by atoms with Crippen LogP contribution < -0.4 is 4.74 Å². The molecule has 0 amide bonds.